The first-order valence-electron chi connectivity index (χ1n) is 11.8. The van der Waals surface area contributed by atoms with Gasteiger partial charge in [0.2, 0.25) is 0 Å². The maximum atomic E-state index is 13.0. The second-order valence-corrected chi connectivity index (χ2v) is 11.4. The number of ether oxygens (including phenoxy) is 1. The van der Waals surface area contributed by atoms with E-state index in [1.54, 1.807) is 17.4 Å². The summed E-state index contributed by atoms with van der Waals surface area (Å²) in [5.41, 5.74) is 1.23. The van der Waals surface area contributed by atoms with Crippen LogP contribution in [-0.2, 0) is 17.5 Å². The molecule has 0 saturated heterocycles. The van der Waals surface area contributed by atoms with Crippen LogP contribution in [-0.4, -0.2) is 21.7 Å². The van der Waals surface area contributed by atoms with Crippen molar-refractivity contribution in [1.29, 1.82) is 0 Å². The number of hydrogen-bond donors (Lipinski definition) is 2. The lowest BCUT2D eigenvalue weighted by Gasteiger charge is -2.23. The quantitative estimate of drug-likeness (QED) is 0.220. The molecule has 0 radical (unpaired) electrons. The Labute approximate surface area is 227 Å². The van der Waals surface area contributed by atoms with Crippen LogP contribution in [0.15, 0.2) is 60.0 Å². The number of carboxylic acids is 1. The zero-order valence-electron chi connectivity index (χ0n) is 21.2. The van der Waals surface area contributed by atoms with Crippen molar-refractivity contribution in [2.24, 2.45) is 0 Å². The first-order valence-corrected chi connectivity index (χ1v) is 13.5. The lowest BCUT2D eigenvalue weighted by atomic mass is 10.1. The summed E-state index contributed by atoms with van der Waals surface area (Å²) in [5.74, 6) is -0.535. The van der Waals surface area contributed by atoms with Crippen LogP contribution in [0.4, 0.5) is 13.2 Å². The van der Waals surface area contributed by atoms with Crippen LogP contribution >= 0.6 is 22.7 Å². The molecule has 38 heavy (non-hydrogen) atoms. The number of hydrogen-bond acceptors (Lipinski definition) is 6. The van der Waals surface area contributed by atoms with Crippen LogP contribution in [0.25, 0.3) is 10.6 Å². The summed E-state index contributed by atoms with van der Waals surface area (Å²) in [5, 5.41) is 15.6. The molecule has 4 rings (SSSR count). The minimum absolute atomic E-state index is 0.155. The van der Waals surface area contributed by atoms with Crippen molar-refractivity contribution in [3.63, 3.8) is 0 Å². The number of rotatable bonds is 9. The number of nitrogens with zero attached hydrogens (tertiary/aromatic N) is 1. The van der Waals surface area contributed by atoms with Crippen LogP contribution in [0.3, 0.4) is 0 Å². The SMILES string of the molecule is Cc1cc(CNC(c2cccs2)c2sc(-c3ccc(C(F)(F)F)cc3)nc2C)ccc1OC(C)(C)C(=O)O. The first kappa shape index (κ1) is 27.8. The Morgan fingerprint density at radius 3 is 2.39 bits per heavy atom. The van der Waals surface area contributed by atoms with Gasteiger partial charge in [0.15, 0.2) is 5.60 Å². The molecule has 0 saturated carbocycles. The highest BCUT2D eigenvalue weighted by atomic mass is 32.1. The number of halogens is 3. The van der Waals surface area contributed by atoms with Crippen molar-refractivity contribution in [2.75, 3.05) is 0 Å². The zero-order chi connectivity index (χ0) is 27.7. The molecule has 4 aromatic rings. The summed E-state index contributed by atoms with van der Waals surface area (Å²) in [6.07, 6.45) is -4.38. The van der Waals surface area contributed by atoms with Gasteiger partial charge in [-0.2, -0.15) is 13.2 Å². The van der Waals surface area contributed by atoms with E-state index in [0.29, 0.717) is 22.9 Å². The highest BCUT2D eigenvalue weighted by Gasteiger charge is 2.31. The molecule has 0 aliphatic heterocycles. The molecule has 0 amide bonds. The highest BCUT2D eigenvalue weighted by molar-refractivity contribution is 7.15. The monoisotopic (exact) mass is 560 g/mol. The van der Waals surface area contributed by atoms with E-state index in [-0.39, 0.29) is 6.04 Å². The molecule has 2 N–H and O–H groups in total. The molecule has 0 aliphatic carbocycles. The molecular formula is C28H27F3N2O3S2. The van der Waals surface area contributed by atoms with Crippen LogP contribution < -0.4 is 10.1 Å². The number of aromatic nitrogens is 1. The number of alkyl halides is 3. The second-order valence-electron chi connectivity index (χ2n) is 9.39. The van der Waals surface area contributed by atoms with Gasteiger partial charge >= 0.3 is 12.1 Å². The number of thiazole rings is 1. The summed E-state index contributed by atoms with van der Waals surface area (Å²) in [4.78, 5) is 18.2. The summed E-state index contributed by atoms with van der Waals surface area (Å²) < 4.78 is 44.6. The van der Waals surface area contributed by atoms with Gasteiger partial charge in [0.05, 0.1) is 22.2 Å². The summed E-state index contributed by atoms with van der Waals surface area (Å²) in [7, 11) is 0. The molecule has 0 aliphatic rings. The van der Waals surface area contributed by atoms with Gasteiger partial charge in [0, 0.05) is 17.0 Å². The second kappa shape index (κ2) is 10.9. The number of benzene rings is 2. The van der Waals surface area contributed by atoms with Crippen molar-refractivity contribution in [2.45, 2.75) is 52.1 Å². The van der Waals surface area contributed by atoms with Crippen molar-refractivity contribution in [1.82, 2.24) is 10.3 Å². The van der Waals surface area contributed by atoms with Gasteiger partial charge in [-0.25, -0.2) is 9.78 Å². The molecule has 1 atom stereocenters. The average Bonchev–Trinajstić information content (AvgIpc) is 3.51. The average molecular weight is 561 g/mol. The van der Waals surface area contributed by atoms with Gasteiger partial charge in [-0.05, 0) is 68.5 Å². The van der Waals surface area contributed by atoms with E-state index in [0.717, 1.165) is 38.7 Å². The maximum absolute atomic E-state index is 13.0. The molecule has 0 spiro atoms. The van der Waals surface area contributed by atoms with E-state index < -0.39 is 23.3 Å². The normalized spacial score (nSPS) is 12.9. The Hall–Kier alpha value is -3.21. The molecule has 200 valence electrons. The molecule has 0 fully saturated rings. The van der Waals surface area contributed by atoms with Gasteiger partial charge in [-0.3, -0.25) is 0 Å². The largest absolute Gasteiger partial charge is 0.478 e. The van der Waals surface area contributed by atoms with E-state index in [4.69, 9.17) is 4.74 Å². The maximum Gasteiger partial charge on any atom is 0.416 e. The van der Waals surface area contributed by atoms with Crippen LogP contribution in [0.5, 0.6) is 5.75 Å². The van der Waals surface area contributed by atoms with Gasteiger partial charge in [-0.15, -0.1) is 22.7 Å². The third-order valence-corrected chi connectivity index (χ3v) is 8.22. The van der Waals surface area contributed by atoms with Crippen LogP contribution in [0.2, 0.25) is 0 Å². The minimum Gasteiger partial charge on any atom is -0.478 e. The standard InChI is InChI=1S/C28H27F3N2O3S2/c1-16-14-18(7-12-21(16)36-27(3,4)26(34)35)15-32-23(22-6-5-13-37-22)24-17(2)33-25(38-24)19-8-10-20(11-9-19)28(29,30)31/h5-14,23,32H,15H2,1-4H3,(H,34,35). The van der Waals surface area contributed by atoms with E-state index in [1.165, 1.54) is 37.3 Å². The smallest absolute Gasteiger partial charge is 0.416 e. The minimum atomic E-state index is -4.38. The Kier molecular flexibility index (Phi) is 7.96. The molecule has 10 heteroatoms. The fourth-order valence-corrected chi connectivity index (χ4v) is 5.90. The Morgan fingerprint density at radius 1 is 1.11 bits per heavy atom. The Morgan fingerprint density at radius 2 is 1.82 bits per heavy atom. The molecule has 2 heterocycles. The predicted molar refractivity (Wildman–Crippen MR) is 144 cm³/mol. The Balaban J connectivity index is 1.56. The first-order chi connectivity index (χ1) is 17.8. The van der Waals surface area contributed by atoms with Gasteiger partial charge in [0.25, 0.3) is 0 Å². The molecule has 0 bridgehead atoms. The van der Waals surface area contributed by atoms with Gasteiger partial charge in [0.1, 0.15) is 10.8 Å². The van der Waals surface area contributed by atoms with Crippen molar-refractivity contribution < 1.29 is 27.8 Å². The summed E-state index contributed by atoms with van der Waals surface area (Å²) >= 11 is 3.07. The number of nitrogens with one attached hydrogen (secondary N) is 1. The van der Waals surface area contributed by atoms with Crippen molar-refractivity contribution in [3.05, 3.63) is 92.1 Å². The van der Waals surface area contributed by atoms with Gasteiger partial charge < -0.3 is 15.2 Å². The zero-order valence-corrected chi connectivity index (χ0v) is 22.9. The highest BCUT2D eigenvalue weighted by Crippen LogP contribution is 2.38. The van der Waals surface area contributed by atoms with Crippen LogP contribution in [0, 0.1) is 13.8 Å². The third-order valence-electron chi connectivity index (χ3n) is 6.01. The van der Waals surface area contributed by atoms with Crippen molar-refractivity contribution in [3.8, 4) is 16.3 Å². The number of carbonyl (C=O) groups is 1. The van der Waals surface area contributed by atoms with E-state index >= 15 is 0 Å². The van der Waals surface area contributed by atoms with E-state index in [9.17, 15) is 23.1 Å². The van der Waals surface area contributed by atoms with Gasteiger partial charge in [-0.1, -0.05) is 30.3 Å². The fraction of sp³-hybridized carbons (Fsp3) is 0.286. The van der Waals surface area contributed by atoms with E-state index in [2.05, 4.69) is 10.3 Å². The molecule has 1 unspecified atom stereocenters. The Bertz CT molecular complexity index is 1410. The number of thiophene rings is 1. The lowest BCUT2D eigenvalue weighted by Crippen LogP contribution is -2.38. The van der Waals surface area contributed by atoms with Crippen molar-refractivity contribution >= 4 is 28.6 Å². The number of aliphatic carboxylic acids is 1. The van der Waals surface area contributed by atoms with E-state index in [1.807, 2.05) is 43.5 Å². The van der Waals surface area contributed by atoms with Crippen LogP contribution in [0.1, 0.15) is 52.0 Å². The third kappa shape index (κ3) is 6.25. The number of carboxylic acid groups (broad SMARTS) is 1. The molecule has 5 nitrogen and oxygen atoms in total. The number of aryl methyl sites for hydroxylation is 2. The predicted octanol–water partition coefficient (Wildman–Crippen LogP) is 7.63. The summed E-state index contributed by atoms with van der Waals surface area (Å²) in [6.45, 7) is 7.32. The fourth-order valence-electron chi connectivity index (χ4n) is 3.85. The molecule has 2 aromatic heterocycles. The topological polar surface area (TPSA) is 71.5 Å². The lowest BCUT2D eigenvalue weighted by molar-refractivity contribution is -0.152. The molecule has 2 aromatic carbocycles. The summed E-state index contributed by atoms with van der Waals surface area (Å²) in [6, 6.07) is 14.5. The molecular weight excluding hydrogens is 533 g/mol.